The number of carbonyl (C=O) groups excluding carboxylic acids is 1. The van der Waals surface area contributed by atoms with E-state index in [4.69, 9.17) is 19.9 Å². The Bertz CT molecular complexity index is 806. The van der Waals surface area contributed by atoms with E-state index in [1.54, 1.807) is 25.3 Å². The van der Waals surface area contributed by atoms with E-state index in [0.29, 0.717) is 24.7 Å². The van der Waals surface area contributed by atoms with Gasteiger partial charge in [-0.15, -0.1) is 0 Å². The molecule has 0 aliphatic rings. The third-order valence-corrected chi connectivity index (χ3v) is 3.87. The van der Waals surface area contributed by atoms with Gasteiger partial charge in [0.1, 0.15) is 5.75 Å². The van der Waals surface area contributed by atoms with Crippen molar-refractivity contribution in [3.05, 3.63) is 53.1 Å². The number of methoxy groups -OCH3 is 1. The molecule has 0 radical (unpaired) electrons. The maximum Gasteiger partial charge on any atom is 0.332 e. The molecule has 0 aliphatic carbocycles. The van der Waals surface area contributed by atoms with Crippen LogP contribution in [0.25, 0.3) is 0 Å². The van der Waals surface area contributed by atoms with E-state index in [1.807, 2.05) is 12.1 Å². The fourth-order valence-corrected chi connectivity index (χ4v) is 2.29. The predicted octanol–water partition coefficient (Wildman–Crippen LogP) is 3.16. The van der Waals surface area contributed by atoms with E-state index < -0.39 is 6.03 Å². The van der Waals surface area contributed by atoms with Gasteiger partial charge in [0.05, 0.1) is 26.5 Å². The second-order valence-corrected chi connectivity index (χ2v) is 5.94. The number of hydrogen-bond donors (Lipinski definition) is 2. The first-order valence-corrected chi connectivity index (χ1v) is 8.59. The number of nitrogens with zero attached hydrogens (tertiary/aromatic N) is 1. The third kappa shape index (κ3) is 6.54. The molecule has 144 valence electrons. The molecule has 0 aromatic heterocycles. The van der Waals surface area contributed by atoms with Gasteiger partial charge in [-0.2, -0.15) is 5.10 Å². The molecular formula is C20H25N3O4. The van der Waals surface area contributed by atoms with Crippen LogP contribution in [0.4, 0.5) is 4.79 Å². The highest BCUT2D eigenvalue weighted by molar-refractivity contribution is 5.82. The highest BCUT2D eigenvalue weighted by Crippen LogP contribution is 2.27. The number of hydrazone groups is 1. The smallest absolute Gasteiger partial charge is 0.332 e. The summed E-state index contributed by atoms with van der Waals surface area (Å²) in [6, 6.07) is 10.7. The van der Waals surface area contributed by atoms with Crippen LogP contribution in [-0.2, 0) is 0 Å². The summed E-state index contributed by atoms with van der Waals surface area (Å²) in [7, 11) is 1.56. The Morgan fingerprint density at radius 3 is 2.56 bits per heavy atom. The van der Waals surface area contributed by atoms with Crippen LogP contribution in [0.3, 0.4) is 0 Å². The zero-order valence-electron chi connectivity index (χ0n) is 15.8. The van der Waals surface area contributed by atoms with Gasteiger partial charge in [0.15, 0.2) is 11.5 Å². The Morgan fingerprint density at radius 2 is 1.85 bits per heavy atom. The Morgan fingerprint density at radius 1 is 1.07 bits per heavy atom. The third-order valence-electron chi connectivity index (χ3n) is 3.87. The van der Waals surface area contributed by atoms with Gasteiger partial charge in [0.25, 0.3) is 0 Å². The van der Waals surface area contributed by atoms with Crippen molar-refractivity contribution < 1.29 is 19.0 Å². The fourth-order valence-electron chi connectivity index (χ4n) is 2.29. The zero-order valence-corrected chi connectivity index (χ0v) is 15.8. The largest absolute Gasteiger partial charge is 0.493 e. The molecular weight excluding hydrogens is 346 g/mol. The van der Waals surface area contributed by atoms with Crippen LogP contribution in [0.2, 0.25) is 0 Å². The van der Waals surface area contributed by atoms with Crippen molar-refractivity contribution >= 4 is 12.2 Å². The van der Waals surface area contributed by atoms with E-state index in [1.165, 1.54) is 17.3 Å². The average Bonchev–Trinajstić information content (AvgIpc) is 2.64. The number of aryl methyl sites for hydroxylation is 2. The lowest BCUT2D eigenvalue weighted by Gasteiger charge is -2.12. The first-order valence-electron chi connectivity index (χ1n) is 8.59. The number of amides is 2. The molecule has 0 aliphatic heterocycles. The molecule has 0 bridgehead atoms. The normalized spacial score (nSPS) is 10.6. The standard InChI is InChI=1S/C20H25N3O4/c1-14-5-7-17(11-15(14)2)26-9-4-10-27-18-8-6-16(12-19(18)25-3)13-22-23-20(21)24/h5-8,11-13H,4,9-10H2,1-3H3,(H3,21,23,24)/b22-13+. The average molecular weight is 371 g/mol. The van der Waals surface area contributed by atoms with E-state index in [2.05, 4.69) is 30.4 Å². The molecule has 0 heterocycles. The minimum absolute atomic E-state index is 0.498. The number of benzene rings is 2. The molecule has 2 aromatic carbocycles. The van der Waals surface area contributed by atoms with Gasteiger partial charge in [-0.3, -0.25) is 0 Å². The summed E-state index contributed by atoms with van der Waals surface area (Å²) in [6.07, 6.45) is 2.20. The monoisotopic (exact) mass is 371 g/mol. The SMILES string of the molecule is COc1cc(/C=N/NC(N)=O)ccc1OCCCOc1ccc(C)c(C)c1. The first-order chi connectivity index (χ1) is 13.0. The van der Waals surface area contributed by atoms with Crippen LogP contribution in [-0.4, -0.2) is 32.6 Å². The minimum Gasteiger partial charge on any atom is -0.493 e. The van der Waals surface area contributed by atoms with E-state index in [0.717, 1.165) is 17.7 Å². The maximum atomic E-state index is 10.6. The molecule has 0 saturated carbocycles. The van der Waals surface area contributed by atoms with Crippen LogP contribution >= 0.6 is 0 Å². The van der Waals surface area contributed by atoms with Crippen molar-refractivity contribution in [3.63, 3.8) is 0 Å². The molecule has 3 N–H and O–H groups in total. The van der Waals surface area contributed by atoms with Gasteiger partial charge >= 0.3 is 6.03 Å². The lowest BCUT2D eigenvalue weighted by Crippen LogP contribution is -2.24. The lowest BCUT2D eigenvalue weighted by molar-refractivity contribution is 0.240. The molecule has 0 spiro atoms. The van der Waals surface area contributed by atoms with Crippen LogP contribution in [0.5, 0.6) is 17.2 Å². The summed E-state index contributed by atoms with van der Waals surface area (Å²) in [5.41, 5.74) is 10.3. The van der Waals surface area contributed by atoms with Crippen LogP contribution in [0.15, 0.2) is 41.5 Å². The van der Waals surface area contributed by atoms with Crippen LogP contribution in [0, 0.1) is 13.8 Å². The molecule has 27 heavy (non-hydrogen) atoms. The number of nitrogens with one attached hydrogen (secondary N) is 1. The van der Waals surface area contributed by atoms with Crippen molar-refractivity contribution in [1.29, 1.82) is 0 Å². The van der Waals surface area contributed by atoms with Gasteiger partial charge in [-0.1, -0.05) is 6.07 Å². The number of primary amides is 1. The molecule has 2 amide bonds. The summed E-state index contributed by atoms with van der Waals surface area (Å²) < 4.78 is 16.8. The Balaban J connectivity index is 1.81. The molecule has 0 atom stereocenters. The second kappa shape index (κ2) is 10.1. The molecule has 0 unspecified atom stereocenters. The van der Waals surface area contributed by atoms with Gasteiger partial charge in [0.2, 0.25) is 0 Å². The Labute approximate surface area is 159 Å². The molecule has 7 heteroatoms. The summed E-state index contributed by atoms with van der Waals surface area (Å²) in [4.78, 5) is 10.6. The Hall–Kier alpha value is -3.22. The number of nitrogens with two attached hydrogens (primary N) is 1. The quantitative estimate of drug-likeness (QED) is 0.402. The molecule has 2 rings (SSSR count). The number of urea groups is 1. The minimum atomic E-state index is -0.721. The summed E-state index contributed by atoms with van der Waals surface area (Å²) in [5, 5.41) is 3.71. The van der Waals surface area contributed by atoms with Crippen molar-refractivity contribution in [1.82, 2.24) is 5.43 Å². The molecule has 2 aromatic rings. The molecule has 7 nitrogen and oxygen atoms in total. The van der Waals surface area contributed by atoms with Crippen molar-refractivity contribution in [2.24, 2.45) is 10.8 Å². The van der Waals surface area contributed by atoms with Gasteiger partial charge in [-0.05, 0) is 60.9 Å². The lowest BCUT2D eigenvalue weighted by atomic mass is 10.1. The summed E-state index contributed by atoms with van der Waals surface area (Å²) in [5.74, 6) is 2.07. The van der Waals surface area contributed by atoms with E-state index in [9.17, 15) is 4.79 Å². The zero-order chi connectivity index (χ0) is 19.6. The fraction of sp³-hybridized carbons (Fsp3) is 0.300. The van der Waals surface area contributed by atoms with Crippen molar-refractivity contribution in [2.75, 3.05) is 20.3 Å². The number of rotatable bonds is 9. The first kappa shape index (κ1) is 20.1. The van der Waals surface area contributed by atoms with Gasteiger partial charge in [-0.25, -0.2) is 10.2 Å². The Kier molecular flexibility index (Phi) is 7.49. The highest BCUT2D eigenvalue weighted by Gasteiger charge is 2.05. The van der Waals surface area contributed by atoms with Crippen LogP contribution < -0.4 is 25.4 Å². The maximum absolute atomic E-state index is 10.6. The molecule has 0 saturated heterocycles. The van der Waals surface area contributed by atoms with E-state index >= 15 is 0 Å². The summed E-state index contributed by atoms with van der Waals surface area (Å²) >= 11 is 0. The van der Waals surface area contributed by atoms with Gasteiger partial charge in [0, 0.05) is 6.42 Å². The van der Waals surface area contributed by atoms with Gasteiger partial charge < -0.3 is 19.9 Å². The number of carbonyl (C=O) groups is 1. The second-order valence-electron chi connectivity index (χ2n) is 5.94. The molecule has 0 fully saturated rings. The summed E-state index contributed by atoms with van der Waals surface area (Å²) in [6.45, 7) is 5.20. The highest BCUT2D eigenvalue weighted by atomic mass is 16.5. The predicted molar refractivity (Wildman–Crippen MR) is 105 cm³/mol. The number of hydrogen-bond acceptors (Lipinski definition) is 5. The number of ether oxygens (including phenoxy) is 3. The topological polar surface area (TPSA) is 95.2 Å². The van der Waals surface area contributed by atoms with Crippen molar-refractivity contribution in [3.8, 4) is 17.2 Å². The van der Waals surface area contributed by atoms with E-state index in [-0.39, 0.29) is 0 Å². The van der Waals surface area contributed by atoms with Crippen molar-refractivity contribution in [2.45, 2.75) is 20.3 Å². The van der Waals surface area contributed by atoms with Crippen LogP contribution in [0.1, 0.15) is 23.1 Å².